The zero-order chi connectivity index (χ0) is 38.4. The summed E-state index contributed by atoms with van der Waals surface area (Å²) < 4.78 is 12.9. The molecule has 0 N–H and O–H groups in total. The van der Waals surface area contributed by atoms with Crippen molar-refractivity contribution < 1.29 is 9.15 Å². The Morgan fingerprint density at radius 1 is 0.339 bits per heavy atom. The van der Waals surface area contributed by atoms with E-state index >= 15 is 0 Å². The lowest BCUT2D eigenvalue weighted by atomic mass is 9.69. The highest BCUT2D eigenvalue weighted by atomic mass is 16.5. The minimum absolute atomic E-state index is 0.512. The van der Waals surface area contributed by atoms with E-state index in [0.29, 0.717) is 0 Å². The van der Waals surface area contributed by atoms with E-state index in [4.69, 9.17) is 9.15 Å². The minimum atomic E-state index is -0.512. The van der Waals surface area contributed by atoms with E-state index in [1.54, 1.807) is 0 Å². The summed E-state index contributed by atoms with van der Waals surface area (Å²) in [4.78, 5) is 0. The molecule has 14 rings (SSSR count). The molecule has 11 aromatic rings. The topological polar surface area (TPSA) is 22.4 Å². The second kappa shape index (κ2) is 11.2. The van der Waals surface area contributed by atoms with Gasteiger partial charge in [-0.3, -0.25) is 0 Å². The summed E-state index contributed by atoms with van der Waals surface area (Å²) in [5.74, 6) is 1.81. The lowest BCUT2D eigenvalue weighted by molar-refractivity contribution is 0.487. The Kier molecular flexibility index (Phi) is 5.99. The molecule has 0 saturated heterocycles. The van der Waals surface area contributed by atoms with E-state index in [2.05, 4.69) is 188 Å². The molecule has 0 radical (unpaired) electrons. The van der Waals surface area contributed by atoms with Crippen molar-refractivity contribution in [3.8, 4) is 67.1 Å². The smallest absolute Gasteiger partial charge is 0.135 e. The highest BCUT2D eigenvalue weighted by Crippen LogP contribution is 2.65. The number of hydrogen-bond donors (Lipinski definition) is 0. The van der Waals surface area contributed by atoms with Crippen molar-refractivity contribution in [1.82, 2.24) is 0 Å². The summed E-state index contributed by atoms with van der Waals surface area (Å²) in [6.07, 6.45) is 0. The second-order valence-corrected chi connectivity index (χ2v) is 16.3. The van der Waals surface area contributed by atoms with E-state index in [9.17, 15) is 0 Å². The third-order valence-corrected chi connectivity index (χ3v) is 13.4. The lowest BCUT2D eigenvalue weighted by Gasteiger charge is -2.32. The predicted molar refractivity (Wildman–Crippen MR) is 241 cm³/mol. The van der Waals surface area contributed by atoms with Gasteiger partial charge in [0.25, 0.3) is 0 Å². The quantitative estimate of drug-likeness (QED) is 0.176. The standard InChI is InChI=1S/C57H32O2/c1-5-18-47-38(13-1)39-14-2-6-19-48(39)57(47)49-20-7-3-16-42(49)55-43(36-26-28-51-45(32-36)40-15-4-8-21-50(40)58-51)31-37-24-23-34(29-44(37)56(55)57)35-25-27-52-46(30-35)41-17-9-11-33-12-10-22-53(59-52)54(33)41/h1-32H. The van der Waals surface area contributed by atoms with Gasteiger partial charge in [0.2, 0.25) is 0 Å². The number of furan rings is 1. The van der Waals surface area contributed by atoms with Gasteiger partial charge in [0.05, 0.1) is 5.41 Å². The molecule has 0 unspecified atom stereocenters. The molecule has 0 amide bonds. The molecular weight excluding hydrogens is 717 g/mol. The Bertz CT molecular complexity index is 3610. The van der Waals surface area contributed by atoms with Crippen LogP contribution in [0.2, 0.25) is 0 Å². The Morgan fingerprint density at radius 3 is 1.80 bits per heavy atom. The highest BCUT2D eigenvalue weighted by Gasteiger charge is 2.53. The molecule has 0 fully saturated rings. The molecule has 0 bridgehead atoms. The molecule has 2 aliphatic carbocycles. The fourth-order valence-electron chi connectivity index (χ4n) is 11.1. The molecule has 1 spiro atoms. The average molecular weight is 749 g/mol. The predicted octanol–water partition coefficient (Wildman–Crippen LogP) is 15.3. The molecule has 59 heavy (non-hydrogen) atoms. The average Bonchev–Trinajstić information content (AvgIpc) is 3.93. The van der Waals surface area contributed by atoms with E-state index < -0.39 is 5.41 Å². The SMILES string of the molecule is c1ccc2c(c1)-c1ccccc1C21c2ccccc2-c2c(-c3ccc4oc5ccccc5c4c3)cc3ccc(-c4ccc5c(c4)-c4cccc6cccc(c46)O5)cc3c21. The van der Waals surface area contributed by atoms with Crippen LogP contribution in [0.1, 0.15) is 22.3 Å². The molecule has 0 atom stereocenters. The maximum Gasteiger partial charge on any atom is 0.135 e. The van der Waals surface area contributed by atoms with Gasteiger partial charge < -0.3 is 9.15 Å². The molecule has 2 heterocycles. The first-order valence-corrected chi connectivity index (χ1v) is 20.4. The first-order valence-electron chi connectivity index (χ1n) is 20.4. The van der Waals surface area contributed by atoms with Crippen LogP contribution in [0.4, 0.5) is 0 Å². The summed E-state index contributed by atoms with van der Waals surface area (Å²) in [6, 6.07) is 71.5. The zero-order valence-corrected chi connectivity index (χ0v) is 31.8. The Hall–Kier alpha value is -7.68. The van der Waals surface area contributed by atoms with Crippen molar-refractivity contribution in [2.45, 2.75) is 5.41 Å². The van der Waals surface area contributed by atoms with E-state index in [-0.39, 0.29) is 0 Å². The van der Waals surface area contributed by atoms with Crippen molar-refractivity contribution in [2.24, 2.45) is 0 Å². The Labute approximate surface area is 340 Å². The van der Waals surface area contributed by atoms with Gasteiger partial charge in [-0.15, -0.1) is 0 Å². The van der Waals surface area contributed by atoms with E-state index in [1.165, 1.54) is 88.3 Å². The van der Waals surface area contributed by atoms with Crippen LogP contribution in [0.15, 0.2) is 199 Å². The molecule has 2 heteroatoms. The van der Waals surface area contributed by atoms with E-state index in [1.807, 2.05) is 6.07 Å². The number of hydrogen-bond acceptors (Lipinski definition) is 2. The Morgan fingerprint density at radius 2 is 0.966 bits per heavy atom. The van der Waals surface area contributed by atoms with Crippen LogP contribution in [0.3, 0.4) is 0 Å². The summed E-state index contributed by atoms with van der Waals surface area (Å²) >= 11 is 0. The van der Waals surface area contributed by atoms with Crippen LogP contribution in [0.5, 0.6) is 11.5 Å². The van der Waals surface area contributed by atoms with Crippen molar-refractivity contribution in [1.29, 1.82) is 0 Å². The molecule has 1 aromatic heterocycles. The van der Waals surface area contributed by atoms with E-state index in [0.717, 1.165) is 44.6 Å². The number of rotatable bonds is 2. The van der Waals surface area contributed by atoms with Crippen LogP contribution in [0, 0.1) is 0 Å². The molecule has 1 aliphatic heterocycles. The highest BCUT2D eigenvalue weighted by molar-refractivity contribution is 6.12. The van der Waals surface area contributed by atoms with Gasteiger partial charge >= 0.3 is 0 Å². The van der Waals surface area contributed by atoms with Gasteiger partial charge in [0, 0.05) is 21.7 Å². The monoisotopic (exact) mass is 748 g/mol. The van der Waals surface area contributed by atoms with Gasteiger partial charge in [-0.2, -0.15) is 0 Å². The maximum absolute atomic E-state index is 6.53. The molecule has 272 valence electrons. The summed E-state index contributed by atoms with van der Waals surface area (Å²) in [7, 11) is 0. The number of fused-ring (bicyclic) bond motifs is 17. The first-order chi connectivity index (χ1) is 29.2. The van der Waals surface area contributed by atoms with Gasteiger partial charge in [-0.25, -0.2) is 0 Å². The second-order valence-electron chi connectivity index (χ2n) is 16.3. The minimum Gasteiger partial charge on any atom is -0.456 e. The lowest BCUT2D eigenvalue weighted by Crippen LogP contribution is -2.26. The van der Waals surface area contributed by atoms with Crippen LogP contribution >= 0.6 is 0 Å². The number of benzene rings is 10. The third-order valence-electron chi connectivity index (χ3n) is 13.4. The van der Waals surface area contributed by atoms with Gasteiger partial charge in [0.1, 0.15) is 22.7 Å². The normalized spacial score (nSPS) is 13.7. The Balaban J connectivity index is 1.09. The van der Waals surface area contributed by atoms with Crippen molar-refractivity contribution >= 4 is 43.5 Å². The van der Waals surface area contributed by atoms with Gasteiger partial charge in [-0.05, 0) is 137 Å². The summed E-state index contributed by atoms with van der Waals surface area (Å²) in [5, 5.41) is 7.11. The molecular formula is C57H32O2. The van der Waals surface area contributed by atoms with Gasteiger partial charge in [0.15, 0.2) is 0 Å². The van der Waals surface area contributed by atoms with Crippen molar-refractivity contribution in [3.63, 3.8) is 0 Å². The van der Waals surface area contributed by atoms with Crippen molar-refractivity contribution in [2.75, 3.05) is 0 Å². The van der Waals surface area contributed by atoms with Gasteiger partial charge in [-0.1, -0.05) is 146 Å². The van der Waals surface area contributed by atoms with Crippen molar-refractivity contribution in [3.05, 3.63) is 216 Å². The summed E-state index contributed by atoms with van der Waals surface area (Å²) in [6.45, 7) is 0. The number of para-hydroxylation sites is 1. The molecule has 3 aliphatic rings. The van der Waals surface area contributed by atoms with Crippen LogP contribution in [-0.4, -0.2) is 0 Å². The number of ether oxygens (including phenoxy) is 1. The first kappa shape index (κ1) is 31.4. The maximum atomic E-state index is 6.53. The third kappa shape index (κ3) is 4.00. The summed E-state index contributed by atoms with van der Waals surface area (Å²) in [5.41, 5.74) is 18.9. The fourth-order valence-corrected chi connectivity index (χ4v) is 11.1. The molecule has 2 nitrogen and oxygen atoms in total. The van der Waals surface area contributed by atoms with Crippen LogP contribution < -0.4 is 4.74 Å². The molecule has 0 saturated carbocycles. The fraction of sp³-hybridized carbons (Fsp3) is 0.0175. The largest absolute Gasteiger partial charge is 0.456 e. The molecule has 10 aromatic carbocycles. The van der Waals surface area contributed by atoms with Crippen LogP contribution in [-0.2, 0) is 5.41 Å². The zero-order valence-electron chi connectivity index (χ0n) is 31.8. The van der Waals surface area contributed by atoms with Crippen LogP contribution in [0.25, 0.3) is 99.1 Å².